The lowest BCUT2D eigenvalue weighted by atomic mass is 9.91. The quantitative estimate of drug-likeness (QED) is 0.397. The summed E-state index contributed by atoms with van der Waals surface area (Å²) in [7, 11) is 0. The van der Waals surface area contributed by atoms with Crippen molar-refractivity contribution in [2.75, 3.05) is 18.1 Å². The fourth-order valence-electron chi connectivity index (χ4n) is 3.86. The number of amides is 2. The third-order valence-electron chi connectivity index (χ3n) is 5.39. The zero-order chi connectivity index (χ0) is 23.2. The van der Waals surface area contributed by atoms with Crippen LogP contribution in [-0.4, -0.2) is 25.0 Å². The van der Waals surface area contributed by atoms with E-state index < -0.39 is 23.6 Å². The van der Waals surface area contributed by atoms with Crippen LogP contribution in [0.3, 0.4) is 0 Å². The summed E-state index contributed by atoms with van der Waals surface area (Å²) in [6, 6.07) is 15.8. The van der Waals surface area contributed by atoms with Crippen LogP contribution >= 0.6 is 0 Å². The van der Waals surface area contributed by atoms with Gasteiger partial charge in [-0.25, -0.2) is 4.90 Å². The molecule has 0 spiro atoms. The van der Waals surface area contributed by atoms with E-state index in [1.54, 1.807) is 48.5 Å². The van der Waals surface area contributed by atoms with Crippen molar-refractivity contribution in [3.05, 3.63) is 89.0 Å². The monoisotopic (exact) mass is 451 g/mol. The number of alkyl halides is 3. The van der Waals surface area contributed by atoms with Crippen LogP contribution in [0.2, 0.25) is 0 Å². The molecule has 0 radical (unpaired) electrons. The summed E-state index contributed by atoms with van der Waals surface area (Å²) in [4.78, 5) is 27.4. The summed E-state index contributed by atoms with van der Waals surface area (Å²) >= 11 is 0. The van der Waals surface area contributed by atoms with E-state index >= 15 is 0 Å². The Labute approximate surface area is 186 Å². The second-order valence-corrected chi connectivity index (χ2v) is 7.50. The van der Waals surface area contributed by atoms with Gasteiger partial charge in [0.2, 0.25) is 0 Å². The van der Waals surface area contributed by atoms with Gasteiger partial charge < -0.3 is 9.47 Å². The SMILES string of the molecule is O=C1C(=Cc2ccc3c(c2)OCCO3)c2ccccc2C(=O)N1c1cccc(C(F)(F)F)c1. The first-order valence-corrected chi connectivity index (χ1v) is 10.1. The minimum atomic E-state index is -4.61. The number of carbonyl (C=O) groups excluding carboxylic acids is 2. The van der Waals surface area contributed by atoms with Gasteiger partial charge >= 0.3 is 6.18 Å². The van der Waals surface area contributed by atoms with E-state index in [1.807, 2.05) is 0 Å². The molecule has 8 heteroatoms. The number of ether oxygens (including phenoxy) is 2. The third kappa shape index (κ3) is 3.73. The summed E-state index contributed by atoms with van der Waals surface area (Å²) in [6.45, 7) is 0.833. The molecule has 0 aromatic heterocycles. The highest BCUT2D eigenvalue weighted by Gasteiger charge is 2.37. The van der Waals surface area contributed by atoms with Crippen LogP contribution in [0.5, 0.6) is 11.5 Å². The summed E-state index contributed by atoms with van der Waals surface area (Å²) in [5.41, 5.74) is 0.332. The molecule has 0 bridgehead atoms. The second kappa shape index (κ2) is 7.81. The zero-order valence-electron chi connectivity index (χ0n) is 17.1. The van der Waals surface area contributed by atoms with Crippen molar-refractivity contribution in [1.82, 2.24) is 0 Å². The molecule has 3 aromatic carbocycles. The number of fused-ring (bicyclic) bond motifs is 2. The Morgan fingerprint density at radius 3 is 2.27 bits per heavy atom. The largest absolute Gasteiger partial charge is 0.486 e. The Hall–Kier alpha value is -4.07. The van der Waals surface area contributed by atoms with Gasteiger partial charge in [0.15, 0.2) is 11.5 Å². The molecule has 0 saturated carbocycles. The average molecular weight is 451 g/mol. The molecule has 0 saturated heterocycles. The predicted octanol–water partition coefficient (Wildman–Crippen LogP) is 5.20. The minimum absolute atomic E-state index is 0.151. The topological polar surface area (TPSA) is 55.8 Å². The van der Waals surface area contributed by atoms with Crippen LogP contribution in [0.4, 0.5) is 18.9 Å². The fourth-order valence-corrected chi connectivity index (χ4v) is 3.86. The van der Waals surface area contributed by atoms with Crippen molar-refractivity contribution in [3.8, 4) is 11.5 Å². The van der Waals surface area contributed by atoms with Gasteiger partial charge in [-0.3, -0.25) is 9.59 Å². The standard InChI is InChI=1S/C25H16F3NO4/c26-25(27,28)16-4-3-5-17(14-16)29-23(30)19-7-2-1-6-18(19)20(24(29)31)12-15-8-9-21-22(13-15)33-11-10-32-21/h1-9,12-14H,10-11H2. The van der Waals surface area contributed by atoms with E-state index in [0.29, 0.717) is 35.8 Å². The molecule has 2 aliphatic rings. The molecule has 2 amide bonds. The molecule has 0 unspecified atom stereocenters. The number of halogens is 3. The fraction of sp³-hybridized carbons (Fsp3) is 0.120. The lowest BCUT2D eigenvalue weighted by Gasteiger charge is -2.29. The number of hydrogen-bond acceptors (Lipinski definition) is 4. The average Bonchev–Trinajstić information content (AvgIpc) is 2.81. The lowest BCUT2D eigenvalue weighted by molar-refractivity contribution is -0.137. The molecule has 0 aliphatic carbocycles. The lowest BCUT2D eigenvalue weighted by Crippen LogP contribution is -2.41. The molecule has 33 heavy (non-hydrogen) atoms. The number of anilines is 1. The van der Waals surface area contributed by atoms with Crippen LogP contribution in [-0.2, 0) is 11.0 Å². The van der Waals surface area contributed by atoms with Gasteiger partial charge in [-0.2, -0.15) is 13.2 Å². The highest BCUT2D eigenvalue weighted by atomic mass is 19.4. The molecule has 0 atom stereocenters. The maximum Gasteiger partial charge on any atom is 0.416 e. The van der Waals surface area contributed by atoms with Crippen LogP contribution in [0, 0.1) is 0 Å². The van der Waals surface area contributed by atoms with Crippen molar-refractivity contribution in [2.45, 2.75) is 6.18 Å². The van der Waals surface area contributed by atoms with Crippen LogP contribution in [0.15, 0.2) is 66.7 Å². The summed E-state index contributed by atoms with van der Waals surface area (Å²) < 4.78 is 50.9. The summed E-state index contributed by atoms with van der Waals surface area (Å²) in [6.07, 6.45) is -3.02. The Morgan fingerprint density at radius 2 is 1.52 bits per heavy atom. The Balaban J connectivity index is 1.63. The first-order chi connectivity index (χ1) is 15.8. The molecule has 5 nitrogen and oxygen atoms in total. The van der Waals surface area contributed by atoms with Gasteiger partial charge in [0.05, 0.1) is 11.3 Å². The molecule has 0 fully saturated rings. The molecule has 5 rings (SSSR count). The van der Waals surface area contributed by atoms with E-state index in [4.69, 9.17) is 9.47 Å². The molecule has 3 aromatic rings. The van der Waals surface area contributed by atoms with E-state index in [1.165, 1.54) is 12.1 Å². The van der Waals surface area contributed by atoms with Gasteiger partial charge in [-0.1, -0.05) is 30.3 Å². The van der Waals surface area contributed by atoms with Gasteiger partial charge in [0.1, 0.15) is 13.2 Å². The summed E-state index contributed by atoms with van der Waals surface area (Å²) in [5.74, 6) is -0.292. The van der Waals surface area contributed by atoms with Crippen molar-refractivity contribution >= 4 is 29.2 Å². The highest BCUT2D eigenvalue weighted by Crippen LogP contribution is 2.37. The second-order valence-electron chi connectivity index (χ2n) is 7.50. The van der Waals surface area contributed by atoms with Crippen molar-refractivity contribution in [1.29, 1.82) is 0 Å². The smallest absolute Gasteiger partial charge is 0.416 e. The summed E-state index contributed by atoms with van der Waals surface area (Å²) in [5, 5.41) is 0. The Morgan fingerprint density at radius 1 is 0.788 bits per heavy atom. The van der Waals surface area contributed by atoms with E-state index in [2.05, 4.69) is 0 Å². The van der Waals surface area contributed by atoms with E-state index in [0.717, 1.165) is 17.0 Å². The first-order valence-electron chi connectivity index (χ1n) is 10.1. The number of nitrogens with zero attached hydrogens (tertiary/aromatic N) is 1. The van der Waals surface area contributed by atoms with Gasteiger partial charge in [-0.05, 0) is 53.6 Å². The zero-order valence-corrected chi connectivity index (χ0v) is 17.1. The molecule has 166 valence electrons. The number of rotatable bonds is 2. The molecular formula is C25H16F3NO4. The van der Waals surface area contributed by atoms with Gasteiger partial charge in [0.25, 0.3) is 11.8 Å². The van der Waals surface area contributed by atoms with Crippen molar-refractivity contribution in [3.63, 3.8) is 0 Å². The first kappa shape index (κ1) is 20.8. The predicted molar refractivity (Wildman–Crippen MR) is 115 cm³/mol. The molecule has 0 N–H and O–H groups in total. The Kier molecular flexibility index (Phi) is 4.92. The highest BCUT2D eigenvalue weighted by molar-refractivity contribution is 6.43. The van der Waals surface area contributed by atoms with Gasteiger partial charge in [0, 0.05) is 11.1 Å². The minimum Gasteiger partial charge on any atom is -0.486 e. The maximum atomic E-state index is 13.5. The van der Waals surface area contributed by atoms with E-state index in [-0.39, 0.29) is 16.8 Å². The molecule has 2 aliphatic heterocycles. The van der Waals surface area contributed by atoms with Gasteiger partial charge in [-0.15, -0.1) is 0 Å². The maximum absolute atomic E-state index is 13.5. The Bertz CT molecular complexity index is 1310. The van der Waals surface area contributed by atoms with Crippen LogP contribution in [0.1, 0.15) is 27.0 Å². The van der Waals surface area contributed by atoms with Crippen molar-refractivity contribution in [2.24, 2.45) is 0 Å². The number of carbonyl (C=O) groups is 2. The number of benzene rings is 3. The normalized spacial score (nSPS) is 16.7. The van der Waals surface area contributed by atoms with Crippen LogP contribution in [0.25, 0.3) is 11.6 Å². The molecular weight excluding hydrogens is 435 g/mol. The third-order valence-corrected chi connectivity index (χ3v) is 5.39. The van der Waals surface area contributed by atoms with Crippen LogP contribution < -0.4 is 14.4 Å². The van der Waals surface area contributed by atoms with Crippen molar-refractivity contribution < 1.29 is 32.2 Å². The van der Waals surface area contributed by atoms with E-state index in [9.17, 15) is 22.8 Å². The number of imide groups is 1. The number of hydrogen-bond donors (Lipinski definition) is 0. The molecule has 2 heterocycles.